The number of rotatable bonds is 1. The summed E-state index contributed by atoms with van der Waals surface area (Å²) in [5.41, 5.74) is 8.21. The van der Waals surface area contributed by atoms with Crippen LogP contribution in [0.3, 0.4) is 0 Å². The lowest BCUT2D eigenvalue weighted by atomic mass is 9.89. The zero-order chi connectivity index (χ0) is 8.97. The van der Waals surface area contributed by atoms with E-state index in [4.69, 9.17) is 5.73 Å². The first-order chi connectivity index (χ1) is 5.68. The Kier molecular flexibility index (Phi) is 3.08. The smallest absolute Gasteiger partial charge is 0.332 e. The van der Waals surface area contributed by atoms with Crippen LogP contribution in [0.2, 0.25) is 0 Å². The molecule has 0 aromatic heterocycles. The second-order valence-corrected chi connectivity index (χ2v) is 3.36. The predicted octanol–water partition coefficient (Wildman–Crippen LogP) is 1.22. The molecule has 0 spiro atoms. The molecule has 3 N–H and O–H groups in total. The van der Waals surface area contributed by atoms with E-state index >= 15 is 0 Å². The average Bonchev–Trinajstić information content (AvgIpc) is 2.01. The van der Waals surface area contributed by atoms with Crippen LogP contribution in [0.4, 0.5) is 4.79 Å². The van der Waals surface area contributed by atoms with Crippen LogP contribution in [0, 0.1) is 5.92 Å². The fourth-order valence-corrected chi connectivity index (χ4v) is 1.50. The van der Waals surface area contributed by atoms with Crippen LogP contribution in [-0.2, 0) is 0 Å². The topological polar surface area (TPSA) is 67.5 Å². The summed E-state index contributed by atoms with van der Waals surface area (Å²) < 4.78 is 0. The largest absolute Gasteiger partial charge is 0.350 e. The zero-order valence-electron chi connectivity index (χ0n) is 7.34. The molecule has 1 fully saturated rings. The molecule has 0 radical (unpaired) electrons. The molecule has 0 saturated heterocycles. The zero-order valence-corrected chi connectivity index (χ0v) is 7.34. The van der Waals surface area contributed by atoms with Crippen molar-refractivity contribution in [2.45, 2.75) is 32.6 Å². The van der Waals surface area contributed by atoms with E-state index in [1.807, 2.05) is 0 Å². The van der Waals surface area contributed by atoms with Crippen LogP contribution in [0.5, 0.6) is 0 Å². The van der Waals surface area contributed by atoms with Gasteiger partial charge >= 0.3 is 6.03 Å². The van der Waals surface area contributed by atoms with Gasteiger partial charge in [-0.2, -0.15) is 5.10 Å². The van der Waals surface area contributed by atoms with E-state index in [1.165, 1.54) is 12.8 Å². The highest BCUT2D eigenvalue weighted by Gasteiger charge is 2.13. The first-order valence-electron chi connectivity index (χ1n) is 4.29. The Bertz CT molecular complexity index is 200. The highest BCUT2D eigenvalue weighted by molar-refractivity contribution is 5.86. The van der Waals surface area contributed by atoms with E-state index in [2.05, 4.69) is 17.5 Å². The highest BCUT2D eigenvalue weighted by Crippen LogP contribution is 2.20. The maximum absolute atomic E-state index is 10.3. The molecule has 0 heterocycles. The molecule has 12 heavy (non-hydrogen) atoms. The number of nitrogens with zero attached hydrogens (tertiary/aromatic N) is 1. The predicted molar refractivity (Wildman–Crippen MR) is 47.8 cm³/mol. The Hall–Kier alpha value is -1.06. The lowest BCUT2D eigenvalue weighted by molar-refractivity contribution is 0.249. The summed E-state index contributed by atoms with van der Waals surface area (Å²) in [4.78, 5) is 10.3. The lowest BCUT2D eigenvalue weighted by Gasteiger charge is -2.18. The van der Waals surface area contributed by atoms with Crippen LogP contribution in [0.25, 0.3) is 0 Å². The monoisotopic (exact) mass is 169 g/mol. The van der Waals surface area contributed by atoms with E-state index in [0.29, 0.717) is 5.92 Å². The summed E-state index contributed by atoms with van der Waals surface area (Å²) in [5, 5.41) is 3.93. The minimum atomic E-state index is -0.583. The van der Waals surface area contributed by atoms with Crippen LogP contribution in [-0.4, -0.2) is 11.7 Å². The second kappa shape index (κ2) is 4.09. The van der Waals surface area contributed by atoms with Crippen LogP contribution >= 0.6 is 0 Å². The van der Waals surface area contributed by atoms with Gasteiger partial charge in [0.1, 0.15) is 0 Å². The molecule has 2 amide bonds. The Morgan fingerprint density at radius 1 is 1.75 bits per heavy atom. The number of carbonyl (C=O) groups excluding carboxylic acids is 1. The van der Waals surface area contributed by atoms with E-state index in [0.717, 1.165) is 18.6 Å². The van der Waals surface area contributed by atoms with Crippen molar-refractivity contribution in [2.75, 3.05) is 0 Å². The van der Waals surface area contributed by atoms with E-state index in [9.17, 15) is 4.79 Å². The number of hydrogen-bond donors (Lipinski definition) is 2. The molecule has 68 valence electrons. The molecule has 4 nitrogen and oxygen atoms in total. The first-order valence-corrected chi connectivity index (χ1v) is 4.29. The number of primary amides is 1. The minimum absolute atomic E-state index is 0.583. The fraction of sp³-hybridized carbons (Fsp3) is 0.750. The molecule has 0 aromatic rings. The third-order valence-corrected chi connectivity index (χ3v) is 2.07. The standard InChI is InChI=1S/C8H15N3O/c1-6-3-2-4-7(5-6)10-11-8(9)12/h6H,2-5H2,1H3,(H3,9,11,12). The molecule has 1 aliphatic rings. The van der Waals surface area contributed by atoms with Crippen molar-refractivity contribution < 1.29 is 4.79 Å². The summed E-state index contributed by atoms with van der Waals surface area (Å²) in [6.07, 6.45) is 4.40. The van der Waals surface area contributed by atoms with Gasteiger partial charge in [-0.1, -0.05) is 6.92 Å². The van der Waals surface area contributed by atoms with Crippen molar-refractivity contribution in [1.29, 1.82) is 0 Å². The molecule has 1 unspecified atom stereocenters. The van der Waals surface area contributed by atoms with Crippen molar-refractivity contribution in [2.24, 2.45) is 16.8 Å². The molecule has 1 aliphatic carbocycles. The maximum atomic E-state index is 10.3. The van der Waals surface area contributed by atoms with Gasteiger partial charge < -0.3 is 5.73 Å². The van der Waals surface area contributed by atoms with Crippen molar-refractivity contribution in [1.82, 2.24) is 5.43 Å². The molecular weight excluding hydrogens is 154 g/mol. The number of carbonyl (C=O) groups is 1. The number of hydrazone groups is 1. The second-order valence-electron chi connectivity index (χ2n) is 3.36. The number of hydrogen-bond acceptors (Lipinski definition) is 2. The summed E-state index contributed by atoms with van der Waals surface area (Å²) in [5.74, 6) is 0.687. The van der Waals surface area contributed by atoms with Crippen LogP contribution < -0.4 is 11.2 Å². The van der Waals surface area contributed by atoms with Gasteiger partial charge in [0.2, 0.25) is 0 Å². The molecular formula is C8H15N3O. The highest BCUT2D eigenvalue weighted by atomic mass is 16.2. The van der Waals surface area contributed by atoms with E-state index in [-0.39, 0.29) is 0 Å². The van der Waals surface area contributed by atoms with Gasteiger partial charge in [0.25, 0.3) is 0 Å². The summed E-state index contributed by atoms with van der Waals surface area (Å²) >= 11 is 0. The molecule has 0 aliphatic heterocycles. The third kappa shape index (κ3) is 2.90. The fourth-order valence-electron chi connectivity index (χ4n) is 1.50. The van der Waals surface area contributed by atoms with Gasteiger partial charge in [0.05, 0.1) is 0 Å². The van der Waals surface area contributed by atoms with Gasteiger partial charge in [0.15, 0.2) is 0 Å². The maximum Gasteiger partial charge on any atom is 0.332 e. The van der Waals surface area contributed by atoms with Crippen molar-refractivity contribution in [3.63, 3.8) is 0 Å². The van der Waals surface area contributed by atoms with Gasteiger partial charge in [-0.3, -0.25) is 0 Å². The lowest BCUT2D eigenvalue weighted by Crippen LogP contribution is -2.27. The number of amides is 2. The van der Waals surface area contributed by atoms with Gasteiger partial charge in [-0.05, 0) is 31.6 Å². The summed E-state index contributed by atoms with van der Waals surface area (Å²) in [7, 11) is 0. The number of urea groups is 1. The Labute approximate surface area is 72.2 Å². The normalized spacial score (nSPS) is 27.1. The van der Waals surface area contributed by atoms with Crippen LogP contribution in [0.15, 0.2) is 5.10 Å². The number of nitrogens with two attached hydrogens (primary N) is 1. The quantitative estimate of drug-likeness (QED) is 0.569. The van der Waals surface area contributed by atoms with E-state index in [1.54, 1.807) is 0 Å². The third-order valence-electron chi connectivity index (χ3n) is 2.07. The number of nitrogens with one attached hydrogen (secondary N) is 1. The van der Waals surface area contributed by atoms with Gasteiger partial charge in [-0.25, -0.2) is 10.2 Å². The van der Waals surface area contributed by atoms with Gasteiger partial charge in [-0.15, -0.1) is 0 Å². The minimum Gasteiger partial charge on any atom is -0.350 e. The molecule has 1 atom stereocenters. The summed E-state index contributed by atoms with van der Waals surface area (Å²) in [6, 6.07) is -0.583. The molecule has 4 heteroatoms. The first kappa shape index (κ1) is 9.03. The Morgan fingerprint density at radius 2 is 2.50 bits per heavy atom. The summed E-state index contributed by atoms with van der Waals surface area (Å²) in [6.45, 7) is 2.19. The van der Waals surface area contributed by atoms with Gasteiger partial charge in [0, 0.05) is 5.71 Å². The molecule has 0 bridgehead atoms. The Morgan fingerprint density at radius 3 is 3.08 bits per heavy atom. The van der Waals surface area contributed by atoms with Crippen molar-refractivity contribution in [3.8, 4) is 0 Å². The molecule has 1 rings (SSSR count). The molecule has 1 saturated carbocycles. The average molecular weight is 169 g/mol. The van der Waals surface area contributed by atoms with Crippen molar-refractivity contribution in [3.05, 3.63) is 0 Å². The molecule has 0 aromatic carbocycles. The van der Waals surface area contributed by atoms with Crippen molar-refractivity contribution >= 4 is 11.7 Å². The van der Waals surface area contributed by atoms with Crippen LogP contribution in [0.1, 0.15) is 32.6 Å². The van der Waals surface area contributed by atoms with E-state index < -0.39 is 6.03 Å². The SMILES string of the molecule is CC1CCCC(=NNC(N)=O)C1. The Balaban J connectivity index is 2.39.